The van der Waals surface area contributed by atoms with Crippen molar-refractivity contribution in [2.45, 2.75) is 63.4 Å². The van der Waals surface area contributed by atoms with Gasteiger partial charge < -0.3 is 15.3 Å². The van der Waals surface area contributed by atoms with Crippen LogP contribution in [0.25, 0.3) is 11.0 Å². The van der Waals surface area contributed by atoms with Crippen LogP contribution in [0.4, 0.5) is 19.0 Å². The van der Waals surface area contributed by atoms with E-state index in [1.165, 1.54) is 18.2 Å². The summed E-state index contributed by atoms with van der Waals surface area (Å²) in [6.45, 7) is 1.26. The van der Waals surface area contributed by atoms with Crippen LogP contribution >= 0.6 is 0 Å². The van der Waals surface area contributed by atoms with Gasteiger partial charge in [-0.1, -0.05) is 6.92 Å². The highest BCUT2D eigenvalue weighted by atomic mass is 19.1. The molecule has 2 fully saturated rings. The van der Waals surface area contributed by atoms with Gasteiger partial charge in [0.05, 0.1) is 24.1 Å². The molecule has 1 saturated carbocycles. The third kappa shape index (κ3) is 3.68. The molecule has 0 radical (unpaired) electrons. The fourth-order valence-electron chi connectivity index (χ4n) is 5.28. The molecule has 11 heteroatoms. The summed E-state index contributed by atoms with van der Waals surface area (Å²) in [4.78, 5) is 23.2. The second kappa shape index (κ2) is 8.12. The van der Waals surface area contributed by atoms with Crippen molar-refractivity contribution in [3.63, 3.8) is 0 Å². The fourth-order valence-corrected chi connectivity index (χ4v) is 5.28. The Balaban J connectivity index is 1.50. The van der Waals surface area contributed by atoms with Gasteiger partial charge in [-0.2, -0.15) is 5.10 Å². The third-order valence-electron chi connectivity index (χ3n) is 7.10. The fraction of sp³-hybridized carbons (Fsp3) is 0.545. The molecule has 2 aromatic heterocycles. The Kier molecular flexibility index (Phi) is 5.38. The number of anilines is 1. The van der Waals surface area contributed by atoms with Gasteiger partial charge in [0.15, 0.2) is 11.3 Å². The average Bonchev–Trinajstić information content (AvgIpc) is 3.50. The average molecular weight is 462 g/mol. The Morgan fingerprint density at radius 3 is 2.88 bits per heavy atom. The van der Waals surface area contributed by atoms with Gasteiger partial charge in [0, 0.05) is 24.3 Å². The van der Waals surface area contributed by atoms with Gasteiger partial charge in [0.25, 0.3) is 5.91 Å². The molecule has 2 aromatic rings. The second-order valence-corrected chi connectivity index (χ2v) is 9.30. The highest BCUT2D eigenvalue weighted by Gasteiger charge is 2.50. The number of likely N-dealkylation sites (tertiary alicyclic amines) is 1. The minimum Gasteiger partial charge on any atom is -0.391 e. The van der Waals surface area contributed by atoms with Gasteiger partial charge in [-0.25, -0.2) is 23.1 Å². The Bertz CT molecular complexity index is 1150. The number of halogens is 3. The van der Waals surface area contributed by atoms with Crippen molar-refractivity contribution in [3.05, 3.63) is 35.8 Å². The lowest BCUT2D eigenvalue weighted by Gasteiger charge is -2.40. The Hall–Kier alpha value is -2.95. The summed E-state index contributed by atoms with van der Waals surface area (Å²) in [6.07, 6.45) is 3.41. The largest absolute Gasteiger partial charge is 0.391 e. The van der Waals surface area contributed by atoms with Crippen molar-refractivity contribution in [2.75, 3.05) is 11.9 Å². The van der Waals surface area contributed by atoms with E-state index in [4.69, 9.17) is 0 Å². The van der Waals surface area contributed by atoms with Gasteiger partial charge in [-0.05, 0) is 31.4 Å². The maximum atomic E-state index is 14.9. The normalized spacial score (nSPS) is 32.2. The van der Waals surface area contributed by atoms with E-state index in [9.17, 15) is 23.1 Å². The number of alkyl halides is 1. The highest BCUT2D eigenvalue weighted by Crippen LogP contribution is 2.47. The number of aliphatic hydroxyl groups is 1. The van der Waals surface area contributed by atoms with Crippen molar-refractivity contribution >= 4 is 22.8 Å². The highest BCUT2D eigenvalue weighted by molar-refractivity contribution is 6.07. The summed E-state index contributed by atoms with van der Waals surface area (Å²) in [5.41, 5.74) is -1.10. The zero-order valence-electron chi connectivity index (χ0n) is 18.1. The Morgan fingerprint density at radius 1 is 1.30 bits per heavy atom. The van der Waals surface area contributed by atoms with Crippen molar-refractivity contribution < 1.29 is 23.1 Å². The lowest BCUT2D eigenvalue weighted by atomic mass is 9.74. The lowest BCUT2D eigenvalue weighted by Crippen LogP contribution is -2.47. The van der Waals surface area contributed by atoms with E-state index < -0.39 is 41.3 Å². The molecule has 1 amide bonds. The summed E-state index contributed by atoms with van der Waals surface area (Å²) >= 11 is 0. The molecule has 3 heterocycles. The zero-order valence-corrected chi connectivity index (χ0v) is 18.1. The van der Waals surface area contributed by atoms with Crippen LogP contribution in [0, 0.1) is 5.41 Å². The van der Waals surface area contributed by atoms with Gasteiger partial charge >= 0.3 is 0 Å². The number of carbonyl (C=O) groups excluding carboxylic acids is 1. The molecule has 1 aliphatic heterocycles. The van der Waals surface area contributed by atoms with Crippen LogP contribution in [0.15, 0.2) is 30.1 Å². The number of amides is 1. The number of carbonyl (C=O) groups is 1. The molecule has 33 heavy (non-hydrogen) atoms. The summed E-state index contributed by atoms with van der Waals surface area (Å²) in [5.74, 6) is -1.39. The molecule has 0 bridgehead atoms. The van der Waals surface area contributed by atoms with Crippen LogP contribution in [-0.2, 0) is 0 Å². The predicted octanol–water partition coefficient (Wildman–Crippen LogP) is 3.35. The number of H-pyrrole nitrogens is 1. The summed E-state index contributed by atoms with van der Waals surface area (Å²) in [6, 6.07) is -1.12. The minimum absolute atomic E-state index is 0.0282. The van der Waals surface area contributed by atoms with Crippen LogP contribution in [0.3, 0.4) is 0 Å². The standard InChI is InChI=1S/C22H25F3N6O2/c1-22(8-11(23)5-6-15(22)25)16-7-12(24)9-31(16)21(33)18-17-19(26-10-27-20(17)30-29-18)28-13-3-2-4-14(13)32/h5-6,10,12-14,16,32H,2-4,7-9H2,1H3,(H2,26,27,28,29,30)/t12-,13+,14+,16+,22?/m0/s1. The molecular weight excluding hydrogens is 437 g/mol. The maximum absolute atomic E-state index is 14.9. The van der Waals surface area contributed by atoms with Crippen LogP contribution in [0.1, 0.15) is 49.5 Å². The number of allylic oxidation sites excluding steroid dienone is 3. The topological polar surface area (TPSA) is 107 Å². The number of fused-ring (bicyclic) bond motifs is 1. The molecule has 2 aliphatic carbocycles. The molecule has 3 aliphatic rings. The molecule has 8 nitrogen and oxygen atoms in total. The number of aromatic nitrogens is 4. The van der Waals surface area contributed by atoms with Crippen LogP contribution in [0.2, 0.25) is 0 Å². The van der Waals surface area contributed by atoms with E-state index in [0.717, 1.165) is 25.0 Å². The molecular formula is C22H25F3N6O2. The maximum Gasteiger partial charge on any atom is 0.275 e. The SMILES string of the molecule is CC1([C@H]2C[C@H](F)CN2C(=O)c2n[nH]c3ncnc(N[C@@H]4CCC[C@H]4O)c23)CC(F)=CC=C1F. The summed E-state index contributed by atoms with van der Waals surface area (Å²) in [5, 5.41) is 20.5. The second-order valence-electron chi connectivity index (χ2n) is 9.30. The van der Waals surface area contributed by atoms with E-state index in [0.29, 0.717) is 23.3 Å². The van der Waals surface area contributed by atoms with E-state index in [2.05, 4.69) is 25.5 Å². The van der Waals surface area contributed by atoms with E-state index in [1.807, 2.05) is 0 Å². The van der Waals surface area contributed by atoms with E-state index in [-0.39, 0.29) is 31.1 Å². The smallest absolute Gasteiger partial charge is 0.275 e. The number of hydrogen-bond donors (Lipinski definition) is 3. The first kappa shape index (κ1) is 21.9. The first-order chi connectivity index (χ1) is 15.8. The number of aliphatic hydroxyl groups excluding tert-OH is 1. The molecule has 176 valence electrons. The van der Waals surface area contributed by atoms with E-state index >= 15 is 0 Å². The molecule has 5 atom stereocenters. The number of aromatic amines is 1. The molecule has 5 rings (SSSR count). The van der Waals surface area contributed by atoms with Gasteiger partial charge in [0.1, 0.15) is 30.0 Å². The van der Waals surface area contributed by atoms with Crippen LogP contribution in [-0.4, -0.2) is 67.0 Å². The predicted molar refractivity (Wildman–Crippen MR) is 114 cm³/mol. The van der Waals surface area contributed by atoms with Crippen molar-refractivity contribution in [1.82, 2.24) is 25.1 Å². The first-order valence-electron chi connectivity index (χ1n) is 11.1. The molecule has 0 spiro atoms. The number of hydrogen-bond acceptors (Lipinski definition) is 6. The molecule has 1 saturated heterocycles. The Morgan fingerprint density at radius 2 is 2.12 bits per heavy atom. The lowest BCUT2D eigenvalue weighted by molar-refractivity contribution is 0.0577. The summed E-state index contributed by atoms with van der Waals surface area (Å²) < 4.78 is 43.5. The third-order valence-corrected chi connectivity index (χ3v) is 7.10. The molecule has 0 aromatic carbocycles. The molecule has 1 unspecified atom stereocenters. The van der Waals surface area contributed by atoms with Crippen LogP contribution in [0.5, 0.6) is 0 Å². The zero-order chi connectivity index (χ0) is 23.3. The van der Waals surface area contributed by atoms with Crippen LogP contribution < -0.4 is 5.32 Å². The van der Waals surface area contributed by atoms with Crippen molar-refractivity contribution in [1.29, 1.82) is 0 Å². The van der Waals surface area contributed by atoms with Crippen molar-refractivity contribution in [3.8, 4) is 0 Å². The Labute approximate surface area is 188 Å². The van der Waals surface area contributed by atoms with Gasteiger partial charge in [0.2, 0.25) is 0 Å². The first-order valence-corrected chi connectivity index (χ1v) is 11.1. The number of rotatable bonds is 4. The van der Waals surface area contributed by atoms with Gasteiger partial charge in [-0.15, -0.1) is 0 Å². The minimum atomic E-state index is -1.38. The molecule has 3 N–H and O–H groups in total. The number of nitrogens with one attached hydrogen (secondary N) is 2. The van der Waals surface area contributed by atoms with Gasteiger partial charge in [-0.3, -0.25) is 9.89 Å². The van der Waals surface area contributed by atoms with Crippen molar-refractivity contribution in [2.24, 2.45) is 5.41 Å². The van der Waals surface area contributed by atoms with E-state index in [1.54, 1.807) is 0 Å². The number of nitrogens with zero attached hydrogens (tertiary/aromatic N) is 4. The summed E-state index contributed by atoms with van der Waals surface area (Å²) in [7, 11) is 0. The monoisotopic (exact) mass is 462 g/mol. The quantitative estimate of drug-likeness (QED) is 0.643.